The van der Waals surface area contributed by atoms with Gasteiger partial charge in [-0.2, -0.15) is 0 Å². The molecule has 0 unspecified atom stereocenters. The van der Waals surface area contributed by atoms with Gasteiger partial charge in [-0.15, -0.1) is 24.0 Å². The lowest BCUT2D eigenvalue weighted by molar-refractivity contribution is 0.0963. The van der Waals surface area contributed by atoms with Gasteiger partial charge in [0.05, 0.1) is 6.54 Å². The predicted molar refractivity (Wildman–Crippen MR) is 129 cm³/mol. The first-order valence-corrected chi connectivity index (χ1v) is 9.73. The second kappa shape index (κ2) is 13.8. The van der Waals surface area contributed by atoms with Crippen LogP contribution >= 0.6 is 24.0 Å². The number of aliphatic imine (C=N–C) groups is 1. The van der Waals surface area contributed by atoms with Gasteiger partial charge in [0.1, 0.15) is 6.61 Å². The molecular formula is C22H30FIN4O2. The molecule has 2 aromatic rings. The van der Waals surface area contributed by atoms with E-state index in [1.54, 1.807) is 31.3 Å². The zero-order valence-corrected chi connectivity index (χ0v) is 20.0. The maximum Gasteiger partial charge on any atom is 0.251 e. The van der Waals surface area contributed by atoms with Gasteiger partial charge in [-0.3, -0.25) is 9.79 Å². The Balaban J connectivity index is 0.00000450. The fourth-order valence-electron chi connectivity index (χ4n) is 2.73. The van der Waals surface area contributed by atoms with Crippen molar-refractivity contribution in [3.8, 4) is 5.75 Å². The number of hydrogen-bond donors (Lipinski definition) is 2. The van der Waals surface area contributed by atoms with Crippen molar-refractivity contribution in [1.29, 1.82) is 0 Å². The second-order valence-electron chi connectivity index (χ2n) is 6.47. The molecule has 0 fully saturated rings. The van der Waals surface area contributed by atoms with Gasteiger partial charge in [0.25, 0.3) is 5.91 Å². The lowest BCUT2D eigenvalue weighted by Crippen LogP contribution is -2.41. The first-order valence-electron chi connectivity index (χ1n) is 9.73. The minimum atomic E-state index is -0.366. The molecule has 1 amide bonds. The molecule has 0 saturated heterocycles. The van der Waals surface area contributed by atoms with Gasteiger partial charge >= 0.3 is 0 Å². The van der Waals surface area contributed by atoms with Crippen molar-refractivity contribution in [2.75, 3.05) is 40.3 Å². The monoisotopic (exact) mass is 528 g/mol. The average Bonchev–Trinajstić information content (AvgIpc) is 2.74. The third kappa shape index (κ3) is 8.17. The van der Waals surface area contributed by atoms with Crippen LogP contribution in [0.25, 0.3) is 0 Å². The van der Waals surface area contributed by atoms with Crippen LogP contribution in [0.3, 0.4) is 0 Å². The Kier molecular flexibility index (Phi) is 11.8. The molecule has 8 heteroatoms. The number of carbonyl (C=O) groups is 1. The first kappa shape index (κ1) is 25.7. The highest BCUT2D eigenvalue weighted by Crippen LogP contribution is 2.15. The Morgan fingerprint density at radius 1 is 1.20 bits per heavy atom. The molecule has 0 heterocycles. The van der Waals surface area contributed by atoms with Crippen molar-refractivity contribution in [2.45, 2.75) is 13.3 Å². The Hall–Kier alpha value is -2.36. The number of benzene rings is 2. The molecular weight excluding hydrogens is 498 g/mol. The number of likely N-dealkylation sites (N-methyl/N-ethyl adjacent to an activating group) is 1. The third-order valence-electron chi connectivity index (χ3n) is 4.30. The van der Waals surface area contributed by atoms with Gasteiger partial charge in [0.2, 0.25) is 0 Å². The zero-order valence-electron chi connectivity index (χ0n) is 17.7. The fraction of sp³-hybridized carbons (Fsp3) is 0.364. The fourth-order valence-corrected chi connectivity index (χ4v) is 2.73. The van der Waals surface area contributed by atoms with E-state index < -0.39 is 0 Å². The highest BCUT2D eigenvalue weighted by Gasteiger charge is 2.08. The van der Waals surface area contributed by atoms with Crippen molar-refractivity contribution in [2.24, 2.45) is 4.99 Å². The number of carbonyl (C=O) groups excluding carboxylic acids is 1. The number of amides is 1. The van der Waals surface area contributed by atoms with E-state index in [0.29, 0.717) is 25.3 Å². The molecule has 0 aliphatic rings. The van der Waals surface area contributed by atoms with E-state index in [2.05, 4.69) is 15.6 Å². The van der Waals surface area contributed by atoms with E-state index in [-0.39, 0.29) is 41.5 Å². The van der Waals surface area contributed by atoms with Crippen LogP contribution in [0.15, 0.2) is 53.5 Å². The molecule has 0 radical (unpaired) electrons. The average molecular weight is 528 g/mol. The van der Waals surface area contributed by atoms with E-state index in [0.717, 1.165) is 24.5 Å². The number of guanidine groups is 1. The van der Waals surface area contributed by atoms with E-state index in [1.165, 1.54) is 6.07 Å². The van der Waals surface area contributed by atoms with Gasteiger partial charge < -0.3 is 20.3 Å². The summed E-state index contributed by atoms with van der Waals surface area (Å²) in [5.41, 5.74) is 1.69. The predicted octanol–water partition coefficient (Wildman–Crippen LogP) is 3.32. The van der Waals surface area contributed by atoms with Crippen LogP contribution < -0.4 is 15.4 Å². The van der Waals surface area contributed by atoms with Crippen LogP contribution in [0.2, 0.25) is 0 Å². The topological polar surface area (TPSA) is 66.0 Å². The van der Waals surface area contributed by atoms with Crippen molar-refractivity contribution < 1.29 is 13.9 Å². The lowest BCUT2D eigenvalue weighted by Gasteiger charge is -2.22. The molecule has 6 nitrogen and oxygen atoms in total. The van der Waals surface area contributed by atoms with Gasteiger partial charge in [-0.05, 0) is 43.2 Å². The number of nitrogens with zero attached hydrogens (tertiary/aromatic N) is 2. The lowest BCUT2D eigenvalue weighted by atomic mass is 10.1. The number of para-hydroxylation sites is 1. The molecule has 2 N–H and O–H groups in total. The summed E-state index contributed by atoms with van der Waals surface area (Å²) >= 11 is 0. The van der Waals surface area contributed by atoms with E-state index in [4.69, 9.17) is 4.74 Å². The summed E-state index contributed by atoms with van der Waals surface area (Å²) in [6.45, 7) is 4.23. The van der Waals surface area contributed by atoms with Crippen LogP contribution in [-0.2, 0) is 6.42 Å². The maximum absolute atomic E-state index is 13.6. The van der Waals surface area contributed by atoms with Crippen LogP contribution in [0.5, 0.6) is 5.75 Å². The van der Waals surface area contributed by atoms with Gasteiger partial charge in [0.15, 0.2) is 17.5 Å². The van der Waals surface area contributed by atoms with Crippen molar-refractivity contribution in [1.82, 2.24) is 15.5 Å². The highest BCUT2D eigenvalue weighted by molar-refractivity contribution is 14.0. The van der Waals surface area contributed by atoms with Crippen LogP contribution in [0.4, 0.5) is 4.39 Å². The third-order valence-corrected chi connectivity index (χ3v) is 4.30. The van der Waals surface area contributed by atoms with Crippen LogP contribution in [0.1, 0.15) is 22.8 Å². The molecule has 2 rings (SSSR count). The summed E-state index contributed by atoms with van der Waals surface area (Å²) in [5.74, 6) is 0.541. The number of halogens is 2. The Morgan fingerprint density at radius 2 is 1.97 bits per heavy atom. The van der Waals surface area contributed by atoms with Crippen LogP contribution in [-0.4, -0.2) is 57.1 Å². The molecule has 0 aliphatic heterocycles. The first-order chi connectivity index (χ1) is 14.0. The van der Waals surface area contributed by atoms with Crippen molar-refractivity contribution in [3.05, 3.63) is 65.5 Å². The number of rotatable bonds is 9. The molecule has 0 spiro atoms. The molecule has 0 aromatic heterocycles. The number of ether oxygens (including phenoxy) is 1. The highest BCUT2D eigenvalue weighted by atomic mass is 127. The normalized spacial score (nSPS) is 10.7. The van der Waals surface area contributed by atoms with Gasteiger partial charge in [-0.1, -0.05) is 24.3 Å². The Labute approximate surface area is 194 Å². The molecule has 30 heavy (non-hydrogen) atoms. The minimum Gasteiger partial charge on any atom is -0.489 e. The SMILES string of the molecule is CCNC(=NCCc1cccc(C(=O)NC)c1)N(C)CCOc1ccccc1F.I. The molecule has 0 aliphatic carbocycles. The number of nitrogens with one attached hydrogen (secondary N) is 2. The van der Waals surface area contributed by atoms with Gasteiger partial charge in [0, 0.05) is 32.7 Å². The van der Waals surface area contributed by atoms with Crippen molar-refractivity contribution in [3.63, 3.8) is 0 Å². The molecule has 0 saturated carbocycles. The van der Waals surface area contributed by atoms with E-state index >= 15 is 0 Å². The second-order valence-corrected chi connectivity index (χ2v) is 6.47. The van der Waals surface area contributed by atoms with E-state index in [9.17, 15) is 9.18 Å². The summed E-state index contributed by atoms with van der Waals surface area (Å²) < 4.78 is 19.1. The standard InChI is InChI=1S/C22H29FN4O2.HI/c1-4-25-22(27(3)14-15-29-20-11-6-5-10-19(20)23)26-13-12-17-8-7-9-18(16-17)21(28)24-2;/h5-11,16H,4,12-15H2,1-3H3,(H,24,28)(H,25,26);1H. The molecule has 164 valence electrons. The summed E-state index contributed by atoms with van der Waals surface area (Å²) in [5, 5.41) is 5.88. The van der Waals surface area contributed by atoms with Gasteiger partial charge in [-0.25, -0.2) is 4.39 Å². The largest absolute Gasteiger partial charge is 0.489 e. The van der Waals surface area contributed by atoms with E-state index in [1.807, 2.05) is 37.1 Å². The van der Waals surface area contributed by atoms with Crippen LogP contribution in [0, 0.1) is 5.82 Å². The quantitative estimate of drug-likeness (QED) is 0.298. The molecule has 0 atom stereocenters. The Morgan fingerprint density at radius 3 is 2.67 bits per heavy atom. The van der Waals surface area contributed by atoms with Crippen molar-refractivity contribution >= 4 is 35.8 Å². The smallest absolute Gasteiger partial charge is 0.251 e. The summed E-state index contributed by atoms with van der Waals surface area (Å²) in [6, 6.07) is 13.9. The summed E-state index contributed by atoms with van der Waals surface area (Å²) in [4.78, 5) is 18.4. The summed E-state index contributed by atoms with van der Waals surface area (Å²) in [7, 11) is 3.53. The molecule has 0 bridgehead atoms. The minimum absolute atomic E-state index is 0. The number of hydrogen-bond acceptors (Lipinski definition) is 3. The Bertz CT molecular complexity index is 832. The maximum atomic E-state index is 13.6. The zero-order chi connectivity index (χ0) is 21.1. The summed E-state index contributed by atoms with van der Waals surface area (Å²) in [6.07, 6.45) is 0.722. The molecule has 2 aromatic carbocycles.